The number of carboxylic acid groups (broad SMARTS) is 1. The number of likely N-dealkylation sites (tertiary alicyclic amines) is 1. The van der Waals surface area contributed by atoms with Gasteiger partial charge in [0.2, 0.25) is 11.8 Å². The Hall–Kier alpha value is -1.59. The van der Waals surface area contributed by atoms with Gasteiger partial charge in [-0.15, -0.1) is 0 Å². The molecule has 0 radical (unpaired) electrons. The molecule has 0 aliphatic carbocycles. The number of carboxylic acids is 1. The second-order valence-electron chi connectivity index (χ2n) is 5.66. The SMILES string of the molecule is CCN(CC(C)C(=O)O)C(=O)C1CC(=O)N(C(C)C)C1. The van der Waals surface area contributed by atoms with Crippen molar-refractivity contribution in [1.29, 1.82) is 0 Å². The molecule has 1 aliphatic rings. The van der Waals surface area contributed by atoms with Crippen LogP contribution in [0.3, 0.4) is 0 Å². The Kier molecular flexibility index (Phi) is 5.53. The van der Waals surface area contributed by atoms with E-state index in [9.17, 15) is 14.4 Å². The maximum Gasteiger partial charge on any atom is 0.308 e. The van der Waals surface area contributed by atoms with E-state index in [1.54, 1.807) is 16.7 Å². The van der Waals surface area contributed by atoms with E-state index in [0.29, 0.717) is 13.1 Å². The Labute approximate surface area is 119 Å². The van der Waals surface area contributed by atoms with Crippen molar-refractivity contribution in [2.45, 2.75) is 40.2 Å². The molecule has 6 nitrogen and oxygen atoms in total. The number of aliphatic carboxylic acids is 1. The second-order valence-corrected chi connectivity index (χ2v) is 5.66. The molecule has 6 heteroatoms. The summed E-state index contributed by atoms with van der Waals surface area (Å²) in [5, 5.41) is 8.93. The Morgan fingerprint density at radius 1 is 1.40 bits per heavy atom. The van der Waals surface area contributed by atoms with Crippen LogP contribution in [0.5, 0.6) is 0 Å². The molecular formula is C14H24N2O4. The van der Waals surface area contributed by atoms with Gasteiger partial charge in [-0.05, 0) is 20.8 Å². The summed E-state index contributed by atoms with van der Waals surface area (Å²) in [7, 11) is 0. The minimum Gasteiger partial charge on any atom is -0.481 e. The van der Waals surface area contributed by atoms with Gasteiger partial charge in [0, 0.05) is 32.1 Å². The van der Waals surface area contributed by atoms with Crippen molar-refractivity contribution in [2.75, 3.05) is 19.6 Å². The van der Waals surface area contributed by atoms with Crippen LogP contribution < -0.4 is 0 Å². The van der Waals surface area contributed by atoms with Gasteiger partial charge in [-0.25, -0.2) is 0 Å². The average molecular weight is 284 g/mol. The third-order valence-corrected chi connectivity index (χ3v) is 3.74. The molecule has 0 saturated carbocycles. The van der Waals surface area contributed by atoms with Crippen molar-refractivity contribution in [3.63, 3.8) is 0 Å². The number of rotatable bonds is 6. The van der Waals surface area contributed by atoms with Crippen molar-refractivity contribution in [3.05, 3.63) is 0 Å². The van der Waals surface area contributed by atoms with Gasteiger partial charge in [0.15, 0.2) is 0 Å². The van der Waals surface area contributed by atoms with Crippen molar-refractivity contribution >= 4 is 17.8 Å². The summed E-state index contributed by atoms with van der Waals surface area (Å²) < 4.78 is 0. The Morgan fingerprint density at radius 3 is 2.40 bits per heavy atom. The van der Waals surface area contributed by atoms with Crippen molar-refractivity contribution < 1.29 is 19.5 Å². The van der Waals surface area contributed by atoms with Crippen LogP contribution in [-0.4, -0.2) is 58.4 Å². The lowest BCUT2D eigenvalue weighted by atomic mass is 10.1. The molecule has 0 bridgehead atoms. The van der Waals surface area contributed by atoms with Crippen LogP contribution in [0.1, 0.15) is 34.1 Å². The topological polar surface area (TPSA) is 77.9 Å². The molecule has 0 spiro atoms. The first-order valence-corrected chi connectivity index (χ1v) is 7.08. The highest BCUT2D eigenvalue weighted by atomic mass is 16.4. The normalized spacial score (nSPS) is 20.4. The van der Waals surface area contributed by atoms with E-state index >= 15 is 0 Å². The molecule has 0 aromatic heterocycles. The first kappa shape index (κ1) is 16.5. The average Bonchev–Trinajstić information content (AvgIpc) is 2.76. The number of nitrogens with zero attached hydrogens (tertiary/aromatic N) is 2. The van der Waals surface area contributed by atoms with E-state index < -0.39 is 11.9 Å². The van der Waals surface area contributed by atoms with E-state index in [1.807, 2.05) is 20.8 Å². The summed E-state index contributed by atoms with van der Waals surface area (Å²) in [6, 6.07) is 0.0910. The fraction of sp³-hybridized carbons (Fsp3) is 0.786. The van der Waals surface area contributed by atoms with E-state index in [1.165, 1.54) is 0 Å². The largest absolute Gasteiger partial charge is 0.481 e. The number of amides is 2. The van der Waals surface area contributed by atoms with Gasteiger partial charge >= 0.3 is 5.97 Å². The molecule has 1 heterocycles. The quantitative estimate of drug-likeness (QED) is 0.783. The summed E-state index contributed by atoms with van der Waals surface area (Å²) in [6.07, 6.45) is 0.231. The standard InChI is InChI=1S/C14H24N2O4/c1-5-15(7-10(4)14(19)20)13(18)11-6-12(17)16(8-11)9(2)3/h9-11H,5-8H2,1-4H3,(H,19,20). The molecule has 1 rings (SSSR count). The summed E-state index contributed by atoms with van der Waals surface area (Å²) in [6.45, 7) is 8.35. The molecule has 1 saturated heterocycles. The van der Waals surface area contributed by atoms with E-state index in [2.05, 4.69) is 0 Å². The molecule has 20 heavy (non-hydrogen) atoms. The van der Waals surface area contributed by atoms with Crippen molar-refractivity contribution in [3.8, 4) is 0 Å². The zero-order valence-corrected chi connectivity index (χ0v) is 12.6. The second kappa shape index (κ2) is 6.72. The van der Waals surface area contributed by atoms with Crippen LogP contribution in [0.2, 0.25) is 0 Å². The van der Waals surface area contributed by atoms with Crippen LogP contribution in [0, 0.1) is 11.8 Å². The minimum atomic E-state index is -0.914. The first-order chi connectivity index (χ1) is 9.27. The summed E-state index contributed by atoms with van der Waals surface area (Å²) in [5.74, 6) is -1.97. The lowest BCUT2D eigenvalue weighted by Crippen LogP contribution is -2.41. The van der Waals surface area contributed by atoms with Gasteiger partial charge in [-0.2, -0.15) is 0 Å². The predicted octanol–water partition coefficient (Wildman–Crippen LogP) is 0.812. The molecule has 0 aromatic rings. The third kappa shape index (κ3) is 3.71. The molecule has 1 N–H and O–H groups in total. The monoisotopic (exact) mass is 284 g/mol. The minimum absolute atomic E-state index is 0.000635. The Morgan fingerprint density at radius 2 is 2.00 bits per heavy atom. The number of hydrogen-bond donors (Lipinski definition) is 1. The van der Waals surface area contributed by atoms with Crippen LogP contribution in [0.25, 0.3) is 0 Å². The summed E-state index contributed by atoms with van der Waals surface area (Å²) in [4.78, 5) is 38.4. The highest BCUT2D eigenvalue weighted by molar-refractivity contribution is 5.89. The summed E-state index contributed by atoms with van der Waals surface area (Å²) in [5.41, 5.74) is 0. The highest BCUT2D eigenvalue weighted by Gasteiger charge is 2.37. The smallest absolute Gasteiger partial charge is 0.308 e. The number of carbonyl (C=O) groups excluding carboxylic acids is 2. The van der Waals surface area contributed by atoms with E-state index in [-0.39, 0.29) is 36.7 Å². The van der Waals surface area contributed by atoms with Crippen LogP contribution >= 0.6 is 0 Å². The van der Waals surface area contributed by atoms with Crippen LogP contribution in [0.4, 0.5) is 0 Å². The van der Waals surface area contributed by atoms with Crippen LogP contribution in [0.15, 0.2) is 0 Å². The molecule has 2 atom stereocenters. The predicted molar refractivity (Wildman–Crippen MR) is 74.0 cm³/mol. The van der Waals surface area contributed by atoms with Gasteiger partial charge in [-0.1, -0.05) is 6.92 Å². The molecule has 0 aromatic carbocycles. The molecular weight excluding hydrogens is 260 g/mol. The van der Waals surface area contributed by atoms with E-state index in [0.717, 1.165) is 0 Å². The zero-order valence-electron chi connectivity index (χ0n) is 12.6. The molecule has 114 valence electrons. The fourth-order valence-corrected chi connectivity index (χ4v) is 2.44. The Bertz CT molecular complexity index is 395. The van der Waals surface area contributed by atoms with Crippen molar-refractivity contribution in [1.82, 2.24) is 9.80 Å². The van der Waals surface area contributed by atoms with Gasteiger partial charge in [0.25, 0.3) is 0 Å². The lowest BCUT2D eigenvalue weighted by molar-refractivity contribution is -0.144. The van der Waals surface area contributed by atoms with Gasteiger partial charge in [-0.3, -0.25) is 14.4 Å². The first-order valence-electron chi connectivity index (χ1n) is 7.08. The molecule has 2 amide bonds. The zero-order chi connectivity index (χ0) is 15.4. The maximum atomic E-state index is 12.4. The van der Waals surface area contributed by atoms with Crippen molar-refractivity contribution in [2.24, 2.45) is 11.8 Å². The number of hydrogen-bond acceptors (Lipinski definition) is 3. The van der Waals surface area contributed by atoms with Gasteiger partial charge in [0.1, 0.15) is 0 Å². The number of carbonyl (C=O) groups is 3. The Balaban J connectivity index is 2.68. The molecule has 1 aliphatic heterocycles. The van der Waals surface area contributed by atoms with Crippen LogP contribution in [-0.2, 0) is 14.4 Å². The fourth-order valence-electron chi connectivity index (χ4n) is 2.44. The molecule has 2 unspecified atom stereocenters. The maximum absolute atomic E-state index is 12.4. The summed E-state index contributed by atoms with van der Waals surface area (Å²) >= 11 is 0. The van der Waals surface area contributed by atoms with Gasteiger partial charge in [0.05, 0.1) is 11.8 Å². The van der Waals surface area contributed by atoms with E-state index in [4.69, 9.17) is 5.11 Å². The lowest BCUT2D eigenvalue weighted by Gasteiger charge is -2.26. The molecule has 1 fully saturated rings. The highest BCUT2D eigenvalue weighted by Crippen LogP contribution is 2.22. The van der Waals surface area contributed by atoms with Gasteiger partial charge < -0.3 is 14.9 Å². The third-order valence-electron chi connectivity index (χ3n) is 3.74.